The standard InChI is InChI=1S/C15H25N5O2/c1-5-20-12(4)14(11(3)19-20)10(2)17-18-15(21)16-9-13-7-6-8-22-13/h13H,5-9H2,1-4H3,(H2,16,18,21)/b17-10+. The van der Waals surface area contributed by atoms with Crippen LogP contribution >= 0.6 is 0 Å². The molecule has 22 heavy (non-hydrogen) atoms. The van der Waals surface area contributed by atoms with Crippen LogP contribution in [0.2, 0.25) is 0 Å². The number of urea groups is 1. The molecule has 122 valence electrons. The van der Waals surface area contributed by atoms with Gasteiger partial charge in [0, 0.05) is 31.0 Å². The third-order valence-corrected chi connectivity index (χ3v) is 3.88. The van der Waals surface area contributed by atoms with Crippen LogP contribution in [0.15, 0.2) is 5.10 Å². The highest BCUT2D eigenvalue weighted by atomic mass is 16.5. The molecule has 1 aromatic rings. The summed E-state index contributed by atoms with van der Waals surface area (Å²) < 4.78 is 7.39. The fraction of sp³-hybridized carbons (Fsp3) is 0.667. The minimum atomic E-state index is -0.312. The lowest BCUT2D eigenvalue weighted by atomic mass is 10.1. The van der Waals surface area contributed by atoms with Gasteiger partial charge in [-0.05, 0) is 40.5 Å². The van der Waals surface area contributed by atoms with Crippen LogP contribution in [0.25, 0.3) is 0 Å². The Hall–Kier alpha value is -1.89. The highest BCUT2D eigenvalue weighted by Crippen LogP contribution is 2.14. The molecule has 1 fully saturated rings. The number of aromatic nitrogens is 2. The Kier molecular flexibility index (Phi) is 5.54. The van der Waals surface area contributed by atoms with E-state index in [2.05, 4.69) is 20.9 Å². The second-order valence-corrected chi connectivity index (χ2v) is 5.52. The topological polar surface area (TPSA) is 80.5 Å². The molecule has 2 N–H and O–H groups in total. The SMILES string of the molecule is CCn1nc(C)c(/C(C)=N/NC(=O)NCC2CCCO2)c1C. The molecule has 7 heteroatoms. The number of nitrogens with zero attached hydrogens (tertiary/aromatic N) is 3. The van der Waals surface area contributed by atoms with Crippen molar-refractivity contribution in [1.29, 1.82) is 0 Å². The molecule has 1 aromatic heterocycles. The van der Waals surface area contributed by atoms with E-state index in [0.29, 0.717) is 6.54 Å². The summed E-state index contributed by atoms with van der Waals surface area (Å²) in [6, 6.07) is -0.312. The van der Waals surface area contributed by atoms with Crippen molar-refractivity contribution >= 4 is 11.7 Å². The Morgan fingerprint density at radius 2 is 2.27 bits per heavy atom. The molecule has 0 radical (unpaired) electrons. The molecule has 0 bridgehead atoms. The molecule has 0 aliphatic carbocycles. The maximum atomic E-state index is 11.8. The third kappa shape index (κ3) is 3.85. The van der Waals surface area contributed by atoms with Crippen molar-refractivity contribution in [2.75, 3.05) is 13.2 Å². The van der Waals surface area contributed by atoms with Gasteiger partial charge in [0.15, 0.2) is 0 Å². The molecule has 2 rings (SSSR count). The predicted octanol–water partition coefficient (Wildman–Crippen LogP) is 1.72. The van der Waals surface area contributed by atoms with Crippen molar-refractivity contribution in [2.24, 2.45) is 5.10 Å². The summed E-state index contributed by atoms with van der Waals surface area (Å²) >= 11 is 0. The number of amides is 2. The van der Waals surface area contributed by atoms with Gasteiger partial charge in [0.05, 0.1) is 17.5 Å². The van der Waals surface area contributed by atoms with Crippen LogP contribution < -0.4 is 10.7 Å². The molecule has 1 unspecified atom stereocenters. The summed E-state index contributed by atoms with van der Waals surface area (Å²) in [5, 5.41) is 11.4. The van der Waals surface area contributed by atoms with Crippen LogP contribution in [0.5, 0.6) is 0 Å². The van der Waals surface area contributed by atoms with Crippen molar-refractivity contribution in [3.05, 3.63) is 17.0 Å². The van der Waals surface area contributed by atoms with Gasteiger partial charge in [-0.15, -0.1) is 0 Å². The van der Waals surface area contributed by atoms with E-state index in [4.69, 9.17) is 4.74 Å². The lowest BCUT2D eigenvalue weighted by molar-refractivity contribution is 0.111. The maximum absolute atomic E-state index is 11.8. The Labute approximate surface area is 131 Å². The molecule has 2 amide bonds. The Morgan fingerprint density at radius 1 is 1.50 bits per heavy atom. The lowest BCUT2D eigenvalue weighted by Gasteiger charge is -2.10. The van der Waals surface area contributed by atoms with Crippen molar-refractivity contribution in [1.82, 2.24) is 20.5 Å². The predicted molar refractivity (Wildman–Crippen MR) is 85.1 cm³/mol. The summed E-state index contributed by atoms with van der Waals surface area (Å²) in [7, 11) is 0. The first-order chi connectivity index (χ1) is 10.5. The number of rotatable bonds is 5. The smallest absolute Gasteiger partial charge is 0.335 e. The van der Waals surface area contributed by atoms with Gasteiger partial charge < -0.3 is 10.1 Å². The van der Waals surface area contributed by atoms with E-state index in [-0.39, 0.29) is 12.1 Å². The second kappa shape index (κ2) is 7.40. The van der Waals surface area contributed by atoms with Crippen molar-refractivity contribution in [3.63, 3.8) is 0 Å². The number of carbonyl (C=O) groups excluding carboxylic acids is 1. The second-order valence-electron chi connectivity index (χ2n) is 5.52. The van der Waals surface area contributed by atoms with Crippen LogP contribution in [-0.2, 0) is 11.3 Å². The summed E-state index contributed by atoms with van der Waals surface area (Å²) in [5.74, 6) is 0. The van der Waals surface area contributed by atoms with Gasteiger partial charge in [0.25, 0.3) is 0 Å². The highest BCUT2D eigenvalue weighted by molar-refractivity contribution is 6.01. The molecule has 0 saturated carbocycles. The number of ether oxygens (including phenoxy) is 1. The van der Waals surface area contributed by atoms with Crippen LogP contribution in [0.1, 0.15) is 43.6 Å². The Morgan fingerprint density at radius 3 is 2.86 bits per heavy atom. The van der Waals surface area contributed by atoms with Crippen molar-refractivity contribution < 1.29 is 9.53 Å². The third-order valence-electron chi connectivity index (χ3n) is 3.88. The van der Waals surface area contributed by atoms with E-state index in [1.807, 2.05) is 32.4 Å². The molecule has 0 spiro atoms. The Bertz CT molecular complexity index is 559. The molecule has 0 aromatic carbocycles. The number of hydrogen-bond acceptors (Lipinski definition) is 4. The molecule has 2 heterocycles. The number of aryl methyl sites for hydroxylation is 2. The van der Waals surface area contributed by atoms with Gasteiger partial charge in [-0.1, -0.05) is 0 Å². The van der Waals surface area contributed by atoms with E-state index < -0.39 is 0 Å². The zero-order chi connectivity index (χ0) is 16.1. The first-order valence-electron chi connectivity index (χ1n) is 7.77. The average molecular weight is 307 g/mol. The molecular weight excluding hydrogens is 282 g/mol. The minimum Gasteiger partial charge on any atom is -0.376 e. The maximum Gasteiger partial charge on any atom is 0.335 e. The number of hydrazone groups is 1. The number of carbonyl (C=O) groups is 1. The molecular formula is C15H25N5O2. The summed E-state index contributed by atoms with van der Waals surface area (Å²) in [6.07, 6.45) is 2.19. The van der Waals surface area contributed by atoms with E-state index in [0.717, 1.165) is 48.7 Å². The van der Waals surface area contributed by atoms with E-state index >= 15 is 0 Å². The van der Waals surface area contributed by atoms with Crippen LogP contribution in [0.4, 0.5) is 4.79 Å². The van der Waals surface area contributed by atoms with Gasteiger partial charge in [-0.3, -0.25) is 4.68 Å². The van der Waals surface area contributed by atoms with Gasteiger partial charge in [-0.25, -0.2) is 10.2 Å². The van der Waals surface area contributed by atoms with Crippen LogP contribution in [0.3, 0.4) is 0 Å². The summed E-state index contributed by atoms with van der Waals surface area (Å²) in [5.41, 5.74) is 6.25. The van der Waals surface area contributed by atoms with Crippen LogP contribution in [-0.4, -0.2) is 40.8 Å². The molecule has 1 aliphatic rings. The molecule has 7 nitrogen and oxygen atoms in total. The fourth-order valence-corrected chi connectivity index (χ4v) is 2.77. The van der Waals surface area contributed by atoms with Crippen molar-refractivity contribution in [3.8, 4) is 0 Å². The van der Waals surface area contributed by atoms with Crippen molar-refractivity contribution in [2.45, 2.75) is 53.2 Å². The van der Waals surface area contributed by atoms with Crippen LogP contribution in [0, 0.1) is 13.8 Å². The quantitative estimate of drug-likeness (QED) is 0.642. The van der Waals surface area contributed by atoms with Gasteiger partial charge in [0.2, 0.25) is 0 Å². The molecule has 1 aliphatic heterocycles. The monoisotopic (exact) mass is 307 g/mol. The first-order valence-corrected chi connectivity index (χ1v) is 7.77. The number of nitrogens with one attached hydrogen (secondary N) is 2. The largest absolute Gasteiger partial charge is 0.376 e. The average Bonchev–Trinajstić information content (AvgIpc) is 3.10. The van der Waals surface area contributed by atoms with E-state index in [9.17, 15) is 4.79 Å². The van der Waals surface area contributed by atoms with Gasteiger partial charge in [0.1, 0.15) is 0 Å². The Balaban J connectivity index is 1.91. The summed E-state index contributed by atoms with van der Waals surface area (Å²) in [6.45, 7) is 10.00. The summed E-state index contributed by atoms with van der Waals surface area (Å²) in [4.78, 5) is 11.8. The highest BCUT2D eigenvalue weighted by Gasteiger charge is 2.16. The van der Waals surface area contributed by atoms with Gasteiger partial charge in [-0.2, -0.15) is 10.2 Å². The zero-order valence-electron chi connectivity index (χ0n) is 13.8. The normalized spacial score (nSPS) is 18.5. The van der Waals surface area contributed by atoms with E-state index in [1.165, 1.54) is 0 Å². The minimum absolute atomic E-state index is 0.128. The lowest BCUT2D eigenvalue weighted by Crippen LogP contribution is -2.37. The fourth-order valence-electron chi connectivity index (χ4n) is 2.77. The van der Waals surface area contributed by atoms with Gasteiger partial charge >= 0.3 is 6.03 Å². The first kappa shape index (κ1) is 16.5. The molecule has 1 atom stereocenters. The molecule has 1 saturated heterocycles. The van der Waals surface area contributed by atoms with E-state index in [1.54, 1.807) is 0 Å². The number of hydrogen-bond donors (Lipinski definition) is 2. The zero-order valence-corrected chi connectivity index (χ0v) is 13.8.